The number of carbonyl (C=O) groups excluding carboxylic acids is 1. The molecule has 0 saturated carbocycles. The molecule has 0 bridgehead atoms. The molecule has 1 aliphatic carbocycles. The van der Waals surface area contributed by atoms with Gasteiger partial charge in [-0.3, -0.25) is 4.79 Å². The number of rotatable bonds is 0. The molecular weight excluding hydrogens is 220 g/mol. The second-order valence-corrected chi connectivity index (χ2v) is 5.00. The number of aromatic nitrogens is 3. The van der Waals surface area contributed by atoms with Crippen LogP contribution in [0.3, 0.4) is 0 Å². The lowest BCUT2D eigenvalue weighted by Crippen LogP contribution is -2.32. The minimum Gasteiger partial charge on any atom is -0.396 e. The van der Waals surface area contributed by atoms with Crippen molar-refractivity contribution in [3.8, 4) is 0 Å². The van der Waals surface area contributed by atoms with Crippen molar-refractivity contribution < 1.29 is 9.42 Å². The molecule has 2 aromatic rings. The molecule has 6 nitrogen and oxygen atoms in total. The number of nitrogens with two attached hydrogens (primary N) is 1. The van der Waals surface area contributed by atoms with Crippen molar-refractivity contribution in [3.63, 3.8) is 0 Å². The minimum atomic E-state index is -0.392. The Morgan fingerprint density at radius 1 is 1.35 bits per heavy atom. The Labute approximate surface area is 97.2 Å². The SMILES string of the molecule is CC1(C)CCc2c(nc3nonc3c2N)C1=O. The second-order valence-electron chi connectivity index (χ2n) is 5.00. The molecule has 0 atom stereocenters. The van der Waals surface area contributed by atoms with Crippen LogP contribution in [0.2, 0.25) is 0 Å². The highest BCUT2D eigenvalue weighted by atomic mass is 16.6. The summed E-state index contributed by atoms with van der Waals surface area (Å²) in [6.07, 6.45) is 1.50. The number of pyridine rings is 1. The van der Waals surface area contributed by atoms with Gasteiger partial charge in [0, 0.05) is 11.0 Å². The summed E-state index contributed by atoms with van der Waals surface area (Å²) in [7, 11) is 0. The van der Waals surface area contributed by atoms with E-state index in [2.05, 4.69) is 19.9 Å². The number of anilines is 1. The van der Waals surface area contributed by atoms with Crippen LogP contribution >= 0.6 is 0 Å². The van der Waals surface area contributed by atoms with Crippen molar-refractivity contribution in [2.24, 2.45) is 5.41 Å². The standard InChI is InChI=1S/C11H12N4O2/c1-11(2)4-3-5-6(12)8-10(15-17-14-8)13-7(5)9(11)16/h3-4,12H2,1-2H3. The first kappa shape index (κ1) is 10.2. The third-order valence-electron chi connectivity index (χ3n) is 3.38. The highest BCUT2D eigenvalue weighted by Gasteiger charge is 2.37. The molecule has 2 aromatic heterocycles. The summed E-state index contributed by atoms with van der Waals surface area (Å²) < 4.78 is 4.60. The minimum absolute atomic E-state index is 0.00958. The molecule has 0 spiro atoms. The Balaban J connectivity index is 2.33. The summed E-state index contributed by atoms with van der Waals surface area (Å²) in [6, 6.07) is 0. The first-order chi connectivity index (χ1) is 8.00. The lowest BCUT2D eigenvalue weighted by molar-refractivity contribution is 0.0805. The average molecular weight is 232 g/mol. The summed E-state index contributed by atoms with van der Waals surface area (Å²) in [5, 5.41) is 7.34. The third kappa shape index (κ3) is 1.26. The molecule has 0 fully saturated rings. The molecule has 2 heterocycles. The monoisotopic (exact) mass is 232 g/mol. The number of Topliss-reactive ketones (excluding diaryl/α,β-unsaturated/α-hetero) is 1. The van der Waals surface area contributed by atoms with E-state index in [1.54, 1.807) is 0 Å². The summed E-state index contributed by atoms with van der Waals surface area (Å²) in [6.45, 7) is 3.84. The molecule has 6 heteroatoms. The Bertz CT molecular complexity index is 630. The van der Waals surface area contributed by atoms with E-state index in [-0.39, 0.29) is 5.78 Å². The number of carbonyl (C=O) groups is 1. The van der Waals surface area contributed by atoms with E-state index in [0.29, 0.717) is 22.5 Å². The highest BCUT2D eigenvalue weighted by Crippen LogP contribution is 2.37. The topological polar surface area (TPSA) is 94.9 Å². The molecular formula is C11H12N4O2. The average Bonchev–Trinajstić information content (AvgIpc) is 2.73. The fourth-order valence-electron chi connectivity index (χ4n) is 2.18. The van der Waals surface area contributed by atoms with Gasteiger partial charge in [0.1, 0.15) is 5.69 Å². The first-order valence-corrected chi connectivity index (χ1v) is 5.46. The van der Waals surface area contributed by atoms with Crippen molar-refractivity contribution in [1.29, 1.82) is 0 Å². The largest absolute Gasteiger partial charge is 0.396 e. The molecule has 0 amide bonds. The first-order valence-electron chi connectivity index (χ1n) is 5.46. The van der Waals surface area contributed by atoms with E-state index in [4.69, 9.17) is 5.73 Å². The molecule has 0 aliphatic heterocycles. The smallest absolute Gasteiger partial charge is 0.226 e. The van der Waals surface area contributed by atoms with Crippen LogP contribution in [0, 0.1) is 5.41 Å². The van der Waals surface area contributed by atoms with Gasteiger partial charge in [-0.25, -0.2) is 9.61 Å². The zero-order valence-electron chi connectivity index (χ0n) is 9.65. The number of hydrogen-bond acceptors (Lipinski definition) is 6. The van der Waals surface area contributed by atoms with Gasteiger partial charge >= 0.3 is 0 Å². The van der Waals surface area contributed by atoms with E-state index in [1.807, 2.05) is 13.8 Å². The Morgan fingerprint density at radius 3 is 2.88 bits per heavy atom. The predicted molar refractivity (Wildman–Crippen MR) is 60.4 cm³/mol. The van der Waals surface area contributed by atoms with Crippen LogP contribution in [0.4, 0.5) is 5.69 Å². The van der Waals surface area contributed by atoms with Crippen molar-refractivity contribution in [2.45, 2.75) is 26.7 Å². The molecule has 0 unspecified atom stereocenters. The maximum Gasteiger partial charge on any atom is 0.226 e. The molecule has 88 valence electrons. The predicted octanol–water partition coefficient (Wildman–Crippen LogP) is 1.36. The summed E-state index contributed by atoms with van der Waals surface area (Å²) in [5.74, 6) is 0.00958. The summed E-state index contributed by atoms with van der Waals surface area (Å²) in [5.41, 5.74) is 7.99. The van der Waals surface area contributed by atoms with Gasteiger partial charge in [0.2, 0.25) is 5.65 Å². The van der Waals surface area contributed by atoms with Gasteiger partial charge in [-0.2, -0.15) is 0 Å². The Kier molecular flexibility index (Phi) is 1.81. The molecule has 3 rings (SSSR count). The maximum atomic E-state index is 12.3. The zero-order chi connectivity index (χ0) is 12.2. The molecule has 0 aromatic carbocycles. The van der Waals surface area contributed by atoms with Gasteiger partial charge in [0.25, 0.3) is 0 Å². The van der Waals surface area contributed by atoms with Gasteiger partial charge in [-0.15, -0.1) is 0 Å². The molecule has 0 saturated heterocycles. The van der Waals surface area contributed by atoms with Crippen molar-refractivity contribution >= 4 is 22.6 Å². The lowest BCUT2D eigenvalue weighted by atomic mass is 9.75. The van der Waals surface area contributed by atoms with Crippen LogP contribution in [-0.4, -0.2) is 21.1 Å². The number of nitrogen functional groups attached to an aromatic ring is 1. The van der Waals surface area contributed by atoms with Crippen molar-refractivity contribution in [3.05, 3.63) is 11.3 Å². The molecule has 1 aliphatic rings. The van der Waals surface area contributed by atoms with Crippen LogP contribution < -0.4 is 5.73 Å². The number of nitrogens with zero attached hydrogens (tertiary/aromatic N) is 3. The molecule has 17 heavy (non-hydrogen) atoms. The van der Waals surface area contributed by atoms with Gasteiger partial charge < -0.3 is 5.73 Å². The normalized spacial score (nSPS) is 18.4. The van der Waals surface area contributed by atoms with Crippen LogP contribution in [0.25, 0.3) is 11.2 Å². The maximum absolute atomic E-state index is 12.3. The van der Waals surface area contributed by atoms with Gasteiger partial charge in [-0.05, 0) is 23.2 Å². The molecule has 2 N–H and O–H groups in total. The van der Waals surface area contributed by atoms with Crippen LogP contribution in [0.5, 0.6) is 0 Å². The number of hydrogen-bond donors (Lipinski definition) is 1. The van der Waals surface area contributed by atoms with Crippen LogP contribution in [-0.2, 0) is 6.42 Å². The van der Waals surface area contributed by atoms with E-state index < -0.39 is 5.41 Å². The van der Waals surface area contributed by atoms with Crippen molar-refractivity contribution in [1.82, 2.24) is 15.3 Å². The van der Waals surface area contributed by atoms with E-state index in [0.717, 1.165) is 18.4 Å². The third-order valence-corrected chi connectivity index (χ3v) is 3.38. The highest BCUT2D eigenvalue weighted by molar-refractivity contribution is 6.04. The van der Waals surface area contributed by atoms with Crippen LogP contribution in [0.15, 0.2) is 4.63 Å². The summed E-state index contributed by atoms with van der Waals surface area (Å²) in [4.78, 5) is 16.5. The van der Waals surface area contributed by atoms with E-state index in [1.165, 1.54) is 0 Å². The number of fused-ring (bicyclic) bond motifs is 2. The zero-order valence-corrected chi connectivity index (χ0v) is 9.65. The lowest BCUT2D eigenvalue weighted by Gasteiger charge is -2.29. The fourth-order valence-corrected chi connectivity index (χ4v) is 2.18. The van der Waals surface area contributed by atoms with Crippen LogP contribution in [0.1, 0.15) is 36.3 Å². The quantitative estimate of drug-likeness (QED) is 0.736. The Hall–Kier alpha value is -1.98. The number of ketones is 1. The van der Waals surface area contributed by atoms with Crippen molar-refractivity contribution in [2.75, 3.05) is 5.73 Å². The Morgan fingerprint density at radius 2 is 2.12 bits per heavy atom. The van der Waals surface area contributed by atoms with Gasteiger partial charge in [-0.1, -0.05) is 13.8 Å². The van der Waals surface area contributed by atoms with E-state index >= 15 is 0 Å². The molecule has 0 radical (unpaired) electrons. The second kappa shape index (κ2) is 3.03. The van der Waals surface area contributed by atoms with E-state index in [9.17, 15) is 4.79 Å². The summed E-state index contributed by atoms with van der Waals surface area (Å²) >= 11 is 0. The fraction of sp³-hybridized carbons (Fsp3) is 0.455. The van der Waals surface area contributed by atoms with Gasteiger partial charge in [0.15, 0.2) is 11.3 Å². The van der Waals surface area contributed by atoms with Gasteiger partial charge in [0.05, 0.1) is 5.69 Å².